The van der Waals surface area contributed by atoms with Crippen LogP contribution in [0.4, 0.5) is 5.82 Å². The van der Waals surface area contributed by atoms with Gasteiger partial charge in [0.15, 0.2) is 0 Å². The number of thiophene rings is 1. The van der Waals surface area contributed by atoms with Gasteiger partial charge in [0.2, 0.25) is 10.0 Å². The number of rotatable bonds is 6. The molecule has 0 radical (unpaired) electrons. The van der Waals surface area contributed by atoms with Crippen LogP contribution in [-0.4, -0.2) is 62.4 Å². The van der Waals surface area contributed by atoms with E-state index in [2.05, 4.69) is 26.6 Å². The summed E-state index contributed by atoms with van der Waals surface area (Å²) < 4.78 is 26.8. The molecule has 0 unspecified atom stereocenters. The van der Waals surface area contributed by atoms with Gasteiger partial charge in [-0.15, -0.1) is 11.3 Å². The minimum absolute atomic E-state index is 0.260. The van der Waals surface area contributed by atoms with Crippen molar-refractivity contribution in [3.8, 4) is 0 Å². The molecule has 3 heterocycles. The van der Waals surface area contributed by atoms with Gasteiger partial charge in [-0.2, -0.15) is 4.31 Å². The van der Waals surface area contributed by atoms with Gasteiger partial charge in [0.1, 0.15) is 10.7 Å². The summed E-state index contributed by atoms with van der Waals surface area (Å²) in [6, 6.07) is 7.51. The minimum Gasteiger partial charge on any atom is -0.370 e. The Balaban J connectivity index is 1.59. The number of hydrogen-bond donors (Lipinski definition) is 1. The molecule has 0 saturated carbocycles. The summed E-state index contributed by atoms with van der Waals surface area (Å²) in [4.78, 5) is 7.96. The van der Waals surface area contributed by atoms with Crippen LogP contribution in [0.15, 0.2) is 40.7 Å². The van der Waals surface area contributed by atoms with Crippen molar-refractivity contribution in [1.82, 2.24) is 14.2 Å². The number of sulfonamides is 1. The van der Waals surface area contributed by atoms with Gasteiger partial charge in [0, 0.05) is 43.8 Å². The molecule has 6 nitrogen and oxygen atoms in total. The number of hydrogen-bond acceptors (Lipinski definition) is 6. The van der Waals surface area contributed by atoms with E-state index in [0.29, 0.717) is 18.9 Å². The van der Waals surface area contributed by atoms with Gasteiger partial charge >= 0.3 is 0 Å². The monoisotopic (exact) mass is 366 g/mol. The normalized spacial score (nSPS) is 17.0. The Morgan fingerprint density at radius 3 is 2.62 bits per heavy atom. The fraction of sp³-hybridized carbons (Fsp3) is 0.438. The molecule has 0 bridgehead atoms. The van der Waals surface area contributed by atoms with Crippen molar-refractivity contribution in [2.75, 3.05) is 45.1 Å². The molecule has 24 heavy (non-hydrogen) atoms. The summed E-state index contributed by atoms with van der Waals surface area (Å²) in [7, 11) is -1.44. The van der Waals surface area contributed by atoms with Crippen LogP contribution in [0.2, 0.25) is 0 Å². The predicted molar refractivity (Wildman–Crippen MR) is 97.0 cm³/mol. The first kappa shape index (κ1) is 17.3. The van der Waals surface area contributed by atoms with E-state index in [1.807, 2.05) is 13.1 Å². The van der Waals surface area contributed by atoms with E-state index in [0.717, 1.165) is 26.1 Å². The highest BCUT2D eigenvalue weighted by Crippen LogP contribution is 2.18. The van der Waals surface area contributed by atoms with Gasteiger partial charge in [0.05, 0.1) is 0 Å². The Labute approximate surface area is 147 Å². The average molecular weight is 367 g/mol. The molecule has 1 N–H and O–H groups in total. The zero-order valence-corrected chi connectivity index (χ0v) is 15.3. The van der Waals surface area contributed by atoms with Crippen LogP contribution in [0.25, 0.3) is 0 Å². The molecule has 2 aromatic rings. The molecule has 130 valence electrons. The Morgan fingerprint density at radius 2 is 2.00 bits per heavy atom. The highest BCUT2D eigenvalue weighted by atomic mass is 32.2. The molecule has 0 spiro atoms. The van der Waals surface area contributed by atoms with E-state index in [-0.39, 0.29) is 4.90 Å². The van der Waals surface area contributed by atoms with Gasteiger partial charge in [-0.1, -0.05) is 6.07 Å². The van der Waals surface area contributed by atoms with Crippen LogP contribution in [-0.2, 0) is 16.4 Å². The second-order valence-electron chi connectivity index (χ2n) is 5.84. The van der Waals surface area contributed by atoms with E-state index in [4.69, 9.17) is 0 Å². The fourth-order valence-electron chi connectivity index (χ4n) is 2.58. The molecular formula is C16H22N4O2S2. The molecule has 0 aliphatic carbocycles. The first-order valence-electron chi connectivity index (χ1n) is 7.97. The Hall–Kier alpha value is -1.48. The number of pyridine rings is 1. The number of nitrogens with zero attached hydrogens (tertiary/aromatic N) is 3. The maximum absolute atomic E-state index is 12.6. The van der Waals surface area contributed by atoms with Crippen LogP contribution >= 0.6 is 11.3 Å². The summed E-state index contributed by atoms with van der Waals surface area (Å²) in [6.07, 6.45) is 2.38. The molecule has 2 aromatic heterocycles. The molecule has 0 aromatic carbocycles. The van der Waals surface area contributed by atoms with Gasteiger partial charge in [-0.3, -0.25) is 0 Å². The number of likely N-dealkylation sites (N-methyl/N-ethyl adjacent to an activating group) is 1. The quantitative estimate of drug-likeness (QED) is 0.843. The standard InChI is InChI=1S/C16H22N4O2S2/c1-19-8-10-20(11-9-19)24(21,22)15-4-5-16(18-13-15)17-7-6-14-3-2-12-23-14/h2-5,12-13H,6-11H2,1H3,(H,17,18). The van der Waals surface area contributed by atoms with Gasteiger partial charge in [-0.25, -0.2) is 13.4 Å². The Morgan fingerprint density at radius 1 is 1.21 bits per heavy atom. The smallest absolute Gasteiger partial charge is 0.244 e. The number of piperazine rings is 1. The molecule has 1 saturated heterocycles. The van der Waals surface area contributed by atoms with Crippen molar-refractivity contribution in [3.63, 3.8) is 0 Å². The zero-order valence-electron chi connectivity index (χ0n) is 13.7. The fourth-order valence-corrected chi connectivity index (χ4v) is 4.66. The van der Waals surface area contributed by atoms with Crippen molar-refractivity contribution in [1.29, 1.82) is 0 Å². The topological polar surface area (TPSA) is 65.5 Å². The van der Waals surface area contributed by atoms with Crippen molar-refractivity contribution < 1.29 is 8.42 Å². The second-order valence-corrected chi connectivity index (χ2v) is 8.81. The van der Waals surface area contributed by atoms with E-state index in [1.165, 1.54) is 15.4 Å². The SMILES string of the molecule is CN1CCN(S(=O)(=O)c2ccc(NCCc3cccs3)nc2)CC1. The summed E-state index contributed by atoms with van der Waals surface area (Å²) >= 11 is 1.73. The average Bonchev–Trinajstić information content (AvgIpc) is 3.09. The number of anilines is 1. The van der Waals surface area contributed by atoms with Crippen LogP contribution in [0, 0.1) is 0 Å². The molecule has 8 heteroatoms. The zero-order chi connectivity index (χ0) is 17.0. The maximum atomic E-state index is 12.6. The molecule has 1 aliphatic heterocycles. The first-order chi connectivity index (χ1) is 11.6. The Kier molecular flexibility index (Phi) is 5.50. The highest BCUT2D eigenvalue weighted by molar-refractivity contribution is 7.89. The molecule has 1 fully saturated rings. The third-order valence-corrected chi connectivity index (χ3v) is 6.91. The molecule has 1 aliphatic rings. The van der Waals surface area contributed by atoms with Crippen LogP contribution in [0.3, 0.4) is 0 Å². The van der Waals surface area contributed by atoms with Crippen molar-refractivity contribution in [2.45, 2.75) is 11.3 Å². The molecular weight excluding hydrogens is 344 g/mol. The van der Waals surface area contributed by atoms with Gasteiger partial charge < -0.3 is 10.2 Å². The summed E-state index contributed by atoms with van der Waals surface area (Å²) in [5.41, 5.74) is 0. The van der Waals surface area contributed by atoms with E-state index in [1.54, 1.807) is 23.5 Å². The second kappa shape index (κ2) is 7.60. The van der Waals surface area contributed by atoms with E-state index < -0.39 is 10.0 Å². The van der Waals surface area contributed by atoms with E-state index in [9.17, 15) is 8.42 Å². The Bertz CT molecular complexity index is 737. The van der Waals surface area contributed by atoms with Crippen molar-refractivity contribution >= 4 is 27.2 Å². The lowest BCUT2D eigenvalue weighted by Gasteiger charge is -2.31. The lowest BCUT2D eigenvalue weighted by Crippen LogP contribution is -2.47. The number of nitrogens with one attached hydrogen (secondary N) is 1. The summed E-state index contributed by atoms with van der Waals surface area (Å²) in [5.74, 6) is 0.698. The lowest BCUT2D eigenvalue weighted by molar-refractivity contribution is 0.222. The highest BCUT2D eigenvalue weighted by Gasteiger charge is 2.27. The van der Waals surface area contributed by atoms with E-state index >= 15 is 0 Å². The van der Waals surface area contributed by atoms with Crippen LogP contribution < -0.4 is 5.32 Å². The van der Waals surface area contributed by atoms with Gasteiger partial charge in [-0.05, 0) is 37.0 Å². The molecule has 0 amide bonds. The summed E-state index contributed by atoms with van der Waals surface area (Å²) in [6.45, 7) is 3.35. The van der Waals surface area contributed by atoms with Crippen molar-refractivity contribution in [3.05, 3.63) is 40.7 Å². The lowest BCUT2D eigenvalue weighted by atomic mass is 10.3. The summed E-state index contributed by atoms with van der Waals surface area (Å²) in [5, 5.41) is 5.29. The first-order valence-corrected chi connectivity index (χ1v) is 10.3. The minimum atomic E-state index is -3.44. The van der Waals surface area contributed by atoms with Gasteiger partial charge in [0.25, 0.3) is 0 Å². The predicted octanol–water partition coefficient (Wildman–Crippen LogP) is 1.73. The molecule has 0 atom stereocenters. The maximum Gasteiger partial charge on any atom is 0.244 e. The largest absolute Gasteiger partial charge is 0.370 e. The third kappa shape index (κ3) is 4.13. The number of aromatic nitrogens is 1. The van der Waals surface area contributed by atoms with Crippen LogP contribution in [0.5, 0.6) is 0 Å². The molecule has 3 rings (SSSR count). The van der Waals surface area contributed by atoms with Crippen molar-refractivity contribution in [2.24, 2.45) is 0 Å². The van der Waals surface area contributed by atoms with Crippen LogP contribution in [0.1, 0.15) is 4.88 Å². The third-order valence-electron chi connectivity index (χ3n) is 4.09.